The smallest absolute Gasteiger partial charge is 0.187 e. The maximum absolute atomic E-state index is 5.05. The van der Waals surface area contributed by atoms with Gasteiger partial charge in [0.1, 0.15) is 0 Å². The quantitative estimate of drug-likeness (QED) is 0.359. The Balaban J connectivity index is 3.93. The van der Waals surface area contributed by atoms with Gasteiger partial charge in [-0.25, -0.2) is 0 Å². The van der Waals surface area contributed by atoms with Crippen LogP contribution in [-0.2, 0) is 0 Å². The molecule has 0 aliphatic heterocycles. The molecule has 0 saturated heterocycles. The summed E-state index contributed by atoms with van der Waals surface area (Å²) < 4.78 is 0. The largest absolute Gasteiger partial charge is 0.357 e. The lowest BCUT2D eigenvalue weighted by molar-refractivity contribution is 0.507. The van der Waals surface area contributed by atoms with Crippen molar-refractivity contribution in [1.29, 1.82) is 0 Å². The van der Waals surface area contributed by atoms with Gasteiger partial charge >= 0.3 is 0 Å². The zero-order valence-corrected chi connectivity index (χ0v) is 14.5. The minimum absolute atomic E-state index is 0.0972. The highest BCUT2D eigenvalue weighted by Gasteiger charge is 2.10. The van der Waals surface area contributed by atoms with Gasteiger partial charge in [-0.1, -0.05) is 0 Å². The normalized spacial score (nSPS) is 12.5. The van der Waals surface area contributed by atoms with Crippen molar-refractivity contribution in [1.82, 2.24) is 21.5 Å². The highest BCUT2D eigenvalue weighted by atomic mass is 32.1. The summed E-state index contributed by atoms with van der Waals surface area (Å²) in [6, 6.07) is 0. The Morgan fingerprint density at radius 2 is 1.05 bits per heavy atom. The van der Waals surface area contributed by atoms with Crippen LogP contribution in [0.4, 0.5) is 0 Å². The number of hydrogen-bond acceptors (Lipinski definition) is 4. The van der Waals surface area contributed by atoms with E-state index < -0.39 is 0 Å². The molecule has 0 saturated carbocycles. The first-order chi connectivity index (χ1) is 8.99. The molecule has 0 aromatic rings. The van der Waals surface area contributed by atoms with E-state index in [9.17, 15) is 0 Å². The number of hydrogen-bond donors (Lipinski definition) is 4. The number of nitrogens with zero attached hydrogens (tertiary/aromatic N) is 2. The average molecular weight is 317 g/mol. The van der Waals surface area contributed by atoms with Crippen LogP contribution in [0.5, 0.6) is 0 Å². The van der Waals surface area contributed by atoms with Crippen molar-refractivity contribution in [2.45, 2.75) is 52.6 Å². The van der Waals surface area contributed by atoms with Crippen molar-refractivity contribution >= 4 is 47.1 Å². The highest BCUT2D eigenvalue weighted by molar-refractivity contribution is 7.80. The standard InChI is InChI=1S/C12H24N6S2/c1-11(2,3)15-9(19)17-13-7-8-14-18-10(20)16-12(4,5)6/h7-8H,1-6H3,(H2,15,17,19)(H2,16,18,20)/b13-7+,14-8+. The molecule has 0 fully saturated rings. The van der Waals surface area contributed by atoms with Crippen LogP contribution in [0, 0.1) is 0 Å². The van der Waals surface area contributed by atoms with Gasteiger partial charge < -0.3 is 10.6 Å². The summed E-state index contributed by atoms with van der Waals surface area (Å²) in [5, 5.41) is 14.8. The molecule has 114 valence electrons. The van der Waals surface area contributed by atoms with Gasteiger partial charge in [-0.2, -0.15) is 10.2 Å². The summed E-state index contributed by atoms with van der Waals surface area (Å²) in [6.45, 7) is 12.1. The lowest BCUT2D eigenvalue weighted by Gasteiger charge is -2.21. The zero-order chi connectivity index (χ0) is 15.8. The fourth-order valence-corrected chi connectivity index (χ4v) is 1.71. The summed E-state index contributed by atoms with van der Waals surface area (Å²) in [5.74, 6) is 0. The first kappa shape index (κ1) is 18.7. The molecule has 0 amide bonds. The van der Waals surface area contributed by atoms with E-state index in [-0.39, 0.29) is 11.1 Å². The van der Waals surface area contributed by atoms with Crippen LogP contribution >= 0.6 is 24.4 Å². The third kappa shape index (κ3) is 13.2. The first-order valence-corrected chi connectivity index (χ1v) is 7.02. The van der Waals surface area contributed by atoms with Gasteiger partial charge in [0.15, 0.2) is 10.2 Å². The third-order valence-electron chi connectivity index (χ3n) is 1.52. The molecule has 4 N–H and O–H groups in total. The molecule has 0 unspecified atom stereocenters. The van der Waals surface area contributed by atoms with Crippen molar-refractivity contribution in [3.63, 3.8) is 0 Å². The molecule has 6 nitrogen and oxygen atoms in total. The van der Waals surface area contributed by atoms with Gasteiger partial charge in [0.25, 0.3) is 0 Å². The minimum atomic E-state index is -0.0972. The lowest BCUT2D eigenvalue weighted by Crippen LogP contribution is -2.45. The van der Waals surface area contributed by atoms with E-state index >= 15 is 0 Å². The number of rotatable bonds is 3. The second-order valence-electron chi connectivity index (χ2n) is 6.19. The van der Waals surface area contributed by atoms with Crippen LogP contribution in [-0.4, -0.2) is 33.7 Å². The fraction of sp³-hybridized carbons (Fsp3) is 0.667. The molecule has 20 heavy (non-hydrogen) atoms. The van der Waals surface area contributed by atoms with Gasteiger partial charge in [0.2, 0.25) is 0 Å². The number of nitrogens with one attached hydrogen (secondary N) is 4. The molecule has 0 aliphatic rings. The second-order valence-corrected chi connectivity index (χ2v) is 7.00. The van der Waals surface area contributed by atoms with Crippen LogP contribution in [0.2, 0.25) is 0 Å². The van der Waals surface area contributed by atoms with Crippen molar-refractivity contribution in [3.05, 3.63) is 0 Å². The maximum Gasteiger partial charge on any atom is 0.187 e. The zero-order valence-electron chi connectivity index (χ0n) is 12.9. The van der Waals surface area contributed by atoms with Crippen LogP contribution < -0.4 is 21.5 Å². The highest BCUT2D eigenvalue weighted by Crippen LogP contribution is 1.97. The van der Waals surface area contributed by atoms with E-state index in [4.69, 9.17) is 24.4 Å². The molecule has 0 spiro atoms. The van der Waals surface area contributed by atoms with Crippen molar-refractivity contribution in [3.8, 4) is 0 Å². The van der Waals surface area contributed by atoms with Gasteiger partial charge in [0.05, 0.1) is 12.4 Å². The van der Waals surface area contributed by atoms with E-state index in [0.717, 1.165) is 0 Å². The van der Waals surface area contributed by atoms with E-state index in [0.29, 0.717) is 10.2 Å². The summed E-state index contributed by atoms with van der Waals surface area (Å²) in [6.07, 6.45) is 2.95. The number of thiocarbonyl (C=S) groups is 2. The van der Waals surface area contributed by atoms with Gasteiger partial charge in [-0.05, 0) is 66.0 Å². The van der Waals surface area contributed by atoms with Gasteiger partial charge in [0, 0.05) is 11.1 Å². The van der Waals surface area contributed by atoms with E-state index in [1.54, 1.807) is 0 Å². The topological polar surface area (TPSA) is 72.8 Å². The first-order valence-electron chi connectivity index (χ1n) is 6.21. The molecular weight excluding hydrogens is 292 g/mol. The maximum atomic E-state index is 5.05. The lowest BCUT2D eigenvalue weighted by atomic mass is 10.1. The summed E-state index contributed by atoms with van der Waals surface area (Å²) >= 11 is 10.1. The van der Waals surface area contributed by atoms with Crippen LogP contribution in [0.15, 0.2) is 10.2 Å². The molecular formula is C12H24N6S2. The Labute approximate surface area is 131 Å². The van der Waals surface area contributed by atoms with Crippen LogP contribution in [0.25, 0.3) is 0 Å². The summed E-state index contributed by atoms with van der Waals surface area (Å²) in [7, 11) is 0. The Morgan fingerprint density at radius 1 is 0.750 bits per heavy atom. The Bertz CT molecular complexity index is 352. The van der Waals surface area contributed by atoms with Crippen molar-refractivity contribution < 1.29 is 0 Å². The van der Waals surface area contributed by atoms with E-state index in [2.05, 4.69) is 31.7 Å². The molecule has 0 radical (unpaired) electrons. The molecule has 0 atom stereocenters. The summed E-state index contributed by atoms with van der Waals surface area (Å²) in [5.41, 5.74) is 5.18. The van der Waals surface area contributed by atoms with Crippen LogP contribution in [0.3, 0.4) is 0 Å². The Kier molecular flexibility index (Phi) is 7.59. The fourth-order valence-electron chi connectivity index (χ4n) is 0.996. The minimum Gasteiger partial charge on any atom is -0.357 e. The predicted octanol–water partition coefficient (Wildman–Crippen LogP) is 1.48. The summed E-state index contributed by atoms with van der Waals surface area (Å²) in [4.78, 5) is 0. The van der Waals surface area contributed by atoms with Crippen molar-refractivity contribution in [2.75, 3.05) is 0 Å². The molecule has 0 aromatic heterocycles. The molecule has 0 heterocycles. The number of hydrazone groups is 2. The SMILES string of the molecule is CC(C)(C)NC(=S)N/N=C/C=N/NC(=S)NC(C)(C)C. The monoisotopic (exact) mass is 316 g/mol. The predicted molar refractivity (Wildman–Crippen MR) is 94.2 cm³/mol. The Hall–Kier alpha value is -1.28. The van der Waals surface area contributed by atoms with E-state index in [1.165, 1.54) is 12.4 Å². The molecule has 8 heteroatoms. The second kappa shape index (κ2) is 8.11. The van der Waals surface area contributed by atoms with Gasteiger partial charge in [-0.3, -0.25) is 10.9 Å². The van der Waals surface area contributed by atoms with Gasteiger partial charge in [-0.15, -0.1) is 0 Å². The molecule has 0 bridgehead atoms. The molecule has 0 aliphatic carbocycles. The van der Waals surface area contributed by atoms with Crippen molar-refractivity contribution in [2.24, 2.45) is 10.2 Å². The molecule has 0 aromatic carbocycles. The third-order valence-corrected chi connectivity index (χ3v) is 1.91. The molecule has 0 rings (SSSR count). The van der Waals surface area contributed by atoms with E-state index in [1.807, 2.05) is 41.5 Å². The Morgan fingerprint density at radius 3 is 1.30 bits per heavy atom. The van der Waals surface area contributed by atoms with Crippen LogP contribution in [0.1, 0.15) is 41.5 Å². The average Bonchev–Trinajstić information content (AvgIpc) is 2.17.